The van der Waals surface area contributed by atoms with Gasteiger partial charge in [0.05, 0.1) is 11.6 Å². The van der Waals surface area contributed by atoms with E-state index in [0.29, 0.717) is 41.6 Å². The van der Waals surface area contributed by atoms with E-state index in [2.05, 4.69) is 10.2 Å². The van der Waals surface area contributed by atoms with E-state index in [1.165, 1.54) is 12.1 Å². The van der Waals surface area contributed by atoms with Gasteiger partial charge in [0.25, 0.3) is 0 Å². The highest BCUT2D eigenvalue weighted by atomic mass is 35.5. The van der Waals surface area contributed by atoms with Gasteiger partial charge in [-0.3, -0.25) is 5.10 Å². The molecular formula is C13H15ClFN3O. The number of hydrogen-bond acceptors (Lipinski definition) is 3. The molecule has 0 aliphatic carbocycles. The average Bonchev–Trinajstić information content (AvgIpc) is 2.72. The summed E-state index contributed by atoms with van der Waals surface area (Å²) in [5.74, 6) is -0.0355. The molecule has 0 saturated heterocycles. The van der Waals surface area contributed by atoms with Crippen LogP contribution in [0.25, 0.3) is 11.1 Å². The molecule has 4 nitrogen and oxygen atoms in total. The molecule has 0 radical (unpaired) electrons. The van der Waals surface area contributed by atoms with Crippen molar-refractivity contribution in [3.05, 3.63) is 34.7 Å². The fourth-order valence-corrected chi connectivity index (χ4v) is 2.15. The predicted octanol–water partition coefficient (Wildman–Crippen LogP) is 3.03. The molecule has 3 N–H and O–H groups in total. The molecule has 102 valence electrons. The van der Waals surface area contributed by atoms with Gasteiger partial charge >= 0.3 is 0 Å². The second-order valence-electron chi connectivity index (χ2n) is 4.03. The van der Waals surface area contributed by atoms with E-state index in [9.17, 15) is 4.39 Å². The zero-order valence-electron chi connectivity index (χ0n) is 10.5. The summed E-state index contributed by atoms with van der Waals surface area (Å²) in [6.07, 6.45) is 0.640. The van der Waals surface area contributed by atoms with Gasteiger partial charge in [-0.05, 0) is 25.1 Å². The summed E-state index contributed by atoms with van der Waals surface area (Å²) in [6.45, 7) is 3.14. The molecule has 0 amide bonds. The Morgan fingerprint density at radius 3 is 2.95 bits per heavy atom. The Hall–Kier alpha value is -1.59. The molecule has 0 fully saturated rings. The number of benzene rings is 1. The standard InChI is InChI=1S/C13H15ClFN3O/c1-2-19-6-5-11-12(13(16)18-17-11)9-4-3-8(15)7-10(9)14/h3-4,7H,2,5-6H2,1H3,(H3,16,17,18). The van der Waals surface area contributed by atoms with Crippen LogP contribution >= 0.6 is 11.6 Å². The molecule has 0 saturated carbocycles. The highest BCUT2D eigenvalue weighted by Crippen LogP contribution is 2.34. The maximum atomic E-state index is 13.1. The number of rotatable bonds is 5. The van der Waals surface area contributed by atoms with Gasteiger partial charge in [0.2, 0.25) is 0 Å². The van der Waals surface area contributed by atoms with Crippen molar-refractivity contribution in [2.75, 3.05) is 18.9 Å². The van der Waals surface area contributed by atoms with Crippen LogP contribution in [0, 0.1) is 5.82 Å². The molecular weight excluding hydrogens is 269 g/mol. The normalized spacial score (nSPS) is 10.9. The number of aromatic nitrogens is 2. The van der Waals surface area contributed by atoms with Crippen molar-refractivity contribution in [1.29, 1.82) is 0 Å². The minimum atomic E-state index is -0.383. The second kappa shape index (κ2) is 6.04. The van der Waals surface area contributed by atoms with Crippen LogP contribution in [-0.2, 0) is 11.2 Å². The van der Waals surface area contributed by atoms with Gasteiger partial charge in [0.15, 0.2) is 5.82 Å². The zero-order valence-corrected chi connectivity index (χ0v) is 11.3. The summed E-state index contributed by atoms with van der Waals surface area (Å²) in [5, 5.41) is 7.16. The van der Waals surface area contributed by atoms with Crippen LogP contribution < -0.4 is 5.73 Å². The number of ether oxygens (including phenoxy) is 1. The third-order valence-electron chi connectivity index (χ3n) is 2.77. The molecule has 1 aromatic carbocycles. The quantitative estimate of drug-likeness (QED) is 0.829. The minimum Gasteiger partial charge on any atom is -0.382 e. The smallest absolute Gasteiger partial charge is 0.153 e. The largest absolute Gasteiger partial charge is 0.382 e. The van der Waals surface area contributed by atoms with Crippen molar-refractivity contribution in [3.8, 4) is 11.1 Å². The molecule has 6 heteroatoms. The molecule has 2 rings (SSSR count). The van der Waals surface area contributed by atoms with E-state index in [0.717, 1.165) is 5.69 Å². The third kappa shape index (κ3) is 3.05. The van der Waals surface area contributed by atoms with Gasteiger partial charge in [-0.1, -0.05) is 11.6 Å². The van der Waals surface area contributed by atoms with Crippen LogP contribution in [0.1, 0.15) is 12.6 Å². The summed E-state index contributed by atoms with van der Waals surface area (Å²) < 4.78 is 18.4. The van der Waals surface area contributed by atoms with Gasteiger partial charge in [-0.15, -0.1) is 0 Å². The predicted molar refractivity (Wildman–Crippen MR) is 73.6 cm³/mol. The first kappa shape index (κ1) is 13.8. The molecule has 2 aromatic rings. The van der Waals surface area contributed by atoms with Crippen LogP contribution in [0.2, 0.25) is 5.02 Å². The maximum Gasteiger partial charge on any atom is 0.153 e. The van der Waals surface area contributed by atoms with Gasteiger partial charge in [0.1, 0.15) is 5.82 Å². The number of halogens is 2. The first-order valence-electron chi connectivity index (χ1n) is 5.99. The second-order valence-corrected chi connectivity index (χ2v) is 4.44. The SMILES string of the molecule is CCOCCc1[nH]nc(N)c1-c1ccc(F)cc1Cl. The Morgan fingerprint density at radius 1 is 1.47 bits per heavy atom. The monoisotopic (exact) mass is 283 g/mol. The lowest BCUT2D eigenvalue weighted by molar-refractivity contribution is 0.150. The Labute approximate surface area is 115 Å². The van der Waals surface area contributed by atoms with E-state index in [1.54, 1.807) is 6.07 Å². The fourth-order valence-electron chi connectivity index (χ4n) is 1.89. The summed E-state index contributed by atoms with van der Waals surface area (Å²) in [7, 11) is 0. The third-order valence-corrected chi connectivity index (χ3v) is 3.08. The van der Waals surface area contributed by atoms with Crippen molar-refractivity contribution in [2.24, 2.45) is 0 Å². The van der Waals surface area contributed by atoms with Crippen LogP contribution in [-0.4, -0.2) is 23.4 Å². The van der Waals surface area contributed by atoms with Crippen molar-refractivity contribution in [2.45, 2.75) is 13.3 Å². The van der Waals surface area contributed by atoms with Crippen molar-refractivity contribution in [1.82, 2.24) is 10.2 Å². The molecule has 1 heterocycles. The number of nitrogens with two attached hydrogens (primary N) is 1. The number of anilines is 1. The molecule has 0 aliphatic rings. The maximum absolute atomic E-state index is 13.1. The van der Waals surface area contributed by atoms with E-state index in [1.807, 2.05) is 6.92 Å². The lowest BCUT2D eigenvalue weighted by Crippen LogP contribution is -2.00. The van der Waals surface area contributed by atoms with E-state index < -0.39 is 0 Å². The molecule has 0 spiro atoms. The number of H-pyrrole nitrogens is 1. The van der Waals surface area contributed by atoms with Gasteiger partial charge in [-0.2, -0.15) is 5.10 Å². The minimum absolute atomic E-state index is 0.311. The van der Waals surface area contributed by atoms with E-state index >= 15 is 0 Å². The van der Waals surface area contributed by atoms with Crippen LogP contribution in [0.3, 0.4) is 0 Å². The average molecular weight is 284 g/mol. The number of nitrogen functional groups attached to an aromatic ring is 1. The fraction of sp³-hybridized carbons (Fsp3) is 0.308. The lowest BCUT2D eigenvalue weighted by atomic mass is 10.0. The van der Waals surface area contributed by atoms with Crippen molar-refractivity contribution < 1.29 is 9.13 Å². The molecule has 0 unspecified atom stereocenters. The zero-order chi connectivity index (χ0) is 13.8. The number of hydrogen-bond donors (Lipinski definition) is 2. The first-order chi connectivity index (χ1) is 9.13. The highest BCUT2D eigenvalue weighted by Gasteiger charge is 2.16. The molecule has 0 aliphatic heterocycles. The topological polar surface area (TPSA) is 63.9 Å². The Balaban J connectivity index is 2.35. The van der Waals surface area contributed by atoms with Gasteiger partial charge in [-0.25, -0.2) is 4.39 Å². The molecule has 0 bridgehead atoms. The van der Waals surface area contributed by atoms with Gasteiger partial charge < -0.3 is 10.5 Å². The molecule has 1 aromatic heterocycles. The Bertz CT molecular complexity index is 571. The summed E-state index contributed by atoms with van der Waals surface area (Å²) in [6, 6.07) is 4.21. The molecule has 19 heavy (non-hydrogen) atoms. The Kier molecular flexibility index (Phi) is 4.39. The molecule has 0 atom stereocenters. The summed E-state index contributed by atoms with van der Waals surface area (Å²) in [4.78, 5) is 0. The van der Waals surface area contributed by atoms with E-state index in [4.69, 9.17) is 22.1 Å². The van der Waals surface area contributed by atoms with Crippen LogP contribution in [0.5, 0.6) is 0 Å². The van der Waals surface area contributed by atoms with E-state index in [-0.39, 0.29) is 5.82 Å². The Morgan fingerprint density at radius 2 is 2.26 bits per heavy atom. The highest BCUT2D eigenvalue weighted by molar-refractivity contribution is 6.33. The first-order valence-corrected chi connectivity index (χ1v) is 6.37. The van der Waals surface area contributed by atoms with Crippen molar-refractivity contribution in [3.63, 3.8) is 0 Å². The lowest BCUT2D eigenvalue weighted by Gasteiger charge is -2.07. The van der Waals surface area contributed by atoms with Crippen LogP contribution in [0.4, 0.5) is 10.2 Å². The van der Waals surface area contributed by atoms with Crippen LogP contribution in [0.15, 0.2) is 18.2 Å². The number of nitrogens with one attached hydrogen (secondary N) is 1. The number of nitrogens with zero attached hydrogens (tertiary/aromatic N) is 1. The van der Waals surface area contributed by atoms with Gasteiger partial charge in [0, 0.05) is 29.8 Å². The summed E-state index contributed by atoms with van der Waals surface area (Å²) in [5.41, 5.74) is 8.06. The number of aromatic amines is 1. The summed E-state index contributed by atoms with van der Waals surface area (Å²) >= 11 is 6.06. The van der Waals surface area contributed by atoms with Crippen molar-refractivity contribution >= 4 is 17.4 Å².